The second-order valence-corrected chi connectivity index (χ2v) is 6.80. The molecule has 1 N–H and O–H groups in total. The number of carbonyl (C=O) groups is 1. The highest BCUT2D eigenvalue weighted by Crippen LogP contribution is 2.35. The zero-order valence-corrected chi connectivity index (χ0v) is 13.9. The van der Waals surface area contributed by atoms with Crippen LogP contribution in [0.5, 0.6) is 5.75 Å². The summed E-state index contributed by atoms with van der Waals surface area (Å²) in [5.74, 6) is 0.735. The lowest BCUT2D eigenvalue weighted by atomic mass is 9.77. The van der Waals surface area contributed by atoms with E-state index in [1.54, 1.807) is 6.07 Å². The van der Waals surface area contributed by atoms with E-state index in [9.17, 15) is 9.90 Å². The predicted molar refractivity (Wildman–Crippen MR) is 92.6 cm³/mol. The SMILES string of the molecule is C=C(C)COc1cccc(N=CC2=C(O)CC(C)(C)CC2=O)c1. The summed E-state index contributed by atoms with van der Waals surface area (Å²) in [5.41, 5.74) is 1.71. The summed E-state index contributed by atoms with van der Waals surface area (Å²) in [4.78, 5) is 16.4. The van der Waals surface area contributed by atoms with Crippen molar-refractivity contribution in [3.63, 3.8) is 0 Å². The second kappa shape index (κ2) is 6.82. The number of hydrogen-bond donors (Lipinski definition) is 1. The minimum Gasteiger partial charge on any atom is -0.511 e. The first-order chi connectivity index (χ1) is 10.8. The average molecular weight is 313 g/mol. The van der Waals surface area contributed by atoms with Crippen LogP contribution in [0.1, 0.15) is 33.6 Å². The molecule has 0 radical (unpaired) electrons. The molecule has 0 aromatic heterocycles. The van der Waals surface area contributed by atoms with E-state index >= 15 is 0 Å². The van der Waals surface area contributed by atoms with E-state index < -0.39 is 0 Å². The Bertz CT molecular complexity index is 684. The molecule has 0 saturated heterocycles. The van der Waals surface area contributed by atoms with E-state index in [-0.39, 0.29) is 17.0 Å². The van der Waals surface area contributed by atoms with Crippen LogP contribution in [-0.4, -0.2) is 23.7 Å². The van der Waals surface area contributed by atoms with E-state index in [0.717, 1.165) is 5.57 Å². The maximum atomic E-state index is 12.1. The number of hydrogen-bond acceptors (Lipinski definition) is 4. The first-order valence-corrected chi connectivity index (χ1v) is 7.63. The van der Waals surface area contributed by atoms with Gasteiger partial charge < -0.3 is 9.84 Å². The van der Waals surface area contributed by atoms with E-state index in [1.165, 1.54) is 6.21 Å². The molecule has 0 spiro atoms. The Kier molecular flexibility index (Phi) is 5.04. The lowest BCUT2D eigenvalue weighted by molar-refractivity contribution is -0.117. The van der Waals surface area contributed by atoms with Crippen LogP contribution < -0.4 is 4.74 Å². The topological polar surface area (TPSA) is 58.9 Å². The number of carbonyl (C=O) groups excluding carboxylic acids is 1. The molecule has 1 aliphatic rings. The summed E-state index contributed by atoms with van der Waals surface area (Å²) in [6.45, 7) is 10.1. The molecule has 0 aliphatic heterocycles. The third-order valence-corrected chi connectivity index (χ3v) is 3.54. The van der Waals surface area contributed by atoms with Crippen LogP contribution in [-0.2, 0) is 4.79 Å². The Morgan fingerprint density at radius 1 is 1.43 bits per heavy atom. The molecule has 0 fully saturated rings. The molecule has 4 nitrogen and oxygen atoms in total. The van der Waals surface area contributed by atoms with Gasteiger partial charge in [0.15, 0.2) is 5.78 Å². The standard InChI is InChI=1S/C19H23NO3/c1-13(2)12-23-15-7-5-6-14(8-15)20-11-16-17(21)9-19(3,4)10-18(16)22/h5-8,11,21H,1,9-10,12H2,2-4H3. The minimum absolute atomic E-state index is 0.0720. The van der Waals surface area contributed by atoms with Gasteiger partial charge in [-0.15, -0.1) is 0 Å². The molecule has 1 aliphatic carbocycles. The monoisotopic (exact) mass is 313 g/mol. The molecular formula is C19H23NO3. The number of benzene rings is 1. The van der Waals surface area contributed by atoms with Gasteiger partial charge in [-0.3, -0.25) is 9.79 Å². The maximum absolute atomic E-state index is 12.1. The third-order valence-electron chi connectivity index (χ3n) is 3.54. The van der Waals surface area contributed by atoms with Gasteiger partial charge in [0, 0.05) is 25.1 Å². The number of Topliss-reactive ketones (excluding diaryl/α,β-unsaturated/α-hetero) is 1. The number of allylic oxidation sites excluding steroid dienone is 2. The Morgan fingerprint density at radius 3 is 2.83 bits per heavy atom. The lowest BCUT2D eigenvalue weighted by Crippen LogP contribution is -2.26. The van der Waals surface area contributed by atoms with Crippen LogP contribution in [0.3, 0.4) is 0 Å². The van der Waals surface area contributed by atoms with E-state index in [2.05, 4.69) is 11.6 Å². The molecule has 0 amide bonds. The van der Waals surface area contributed by atoms with Crippen LogP contribution in [0.15, 0.2) is 52.7 Å². The van der Waals surface area contributed by atoms with Gasteiger partial charge in [0.25, 0.3) is 0 Å². The average Bonchev–Trinajstić information content (AvgIpc) is 2.43. The van der Waals surface area contributed by atoms with Gasteiger partial charge in [0.05, 0.1) is 11.3 Å². The molecule has 0 unspecified atom stereocenters. The Morgan fingerprint density at radius 2 is 2.17 bits per heavy atom. The lowest BCUT2D eigenvalue weighted by Gasteiger charge is -2.28. The van der Waals surface area contributed by atoms with E-state index in [1.807, 2.05) is 39.0 Å². The van der Waals surface area contributed by atoms with Crippen molar-refractivity contribution >= 4 is 17.7 Å². The van der Waals surface area contributed by atoms with E-state index in [4.69, 9.17) is 4.74 Å². The highest BCUT2D eigenvalue weighted by atomic mass is 16.5. The zero-order chi connectivity index (χ0) is 17.0. The normalized spacial score (nSPS) is 17.6. The Balaban J connectivity index is 2.15. The molecule has 0 bridgehead atoms. The van der Waals surface area contributed by atoms with Crippen molar-refractivity contribution in [2.24, 2.45) is 10.4 Å². The Labute approximate surface area is 137 Å². The van der Waals surface area contributed by atoms with Crippen molar-refractivity contribution in [2.45, 2.75) is 33.6 Å². The van der Waals surface area contributed by atoms with Gasteiger partial charge in [0.1, 0.15) is 18.1 Å². The van der Waals surface area contributed by atoms with Crippen LogP contribution in [0.2, 0.25) is 0 Å². The number of ketones is 1. The molecule has 2 rings (SSSR count). The van der Waals surface area contributed by atoms with Crippen molar-refractivity contribution in [3.8, 4) is 5.75 Å². The highest BCUT2D eigenvalue weighted by Gasteiger charge is 2.32. The fraction of sp³-hybridized carbons (Fsp3) is 0.368. The number of aliphatic imine (C=N–C) groups is 1. The van der Waals surface area contributed by atoms with Gasteiger partial charge in [-0.05, 0) is 30.0 Å². The summed E-state index contributed by atoms with van der Waals surface area (Å²) in [7, 11) is 0. The molecule has 0 saturated carbocycles. The number of aliphatic hydroxyl groups excluding tert-OH is 1. The number of rotatable bonds is 5. The first kappa shape index (κ1) is 17.0. The maximum Gasteiger partial charge on any atom is 0.168 e. The summed E-state index contributed by atoms with van der Waals surface area (Å²) in [5, 5.41) is 10.1. The number of aliphatic hydroxyl groups is 1. The van der Waals surface area contributed by atoms with Crippen molar-refractivity contribution < 1.29 is 14.6 Å². The van der Waals surface area contributed by atoms with Crippen molar-refractivity contribution in [3.05, 3.63) is 47.7 Å². The fourth-order valence-corrected chi connectivity index (χ4v) is 2.45. The minimum atomic E-state index is -0.200. The van der Waals surface area contributed by atoms with Crippen LogP contribution in [0, 0.1) is 5.41 Å². The fourth-order valence-electron chi connectivity index (χ4n) is 2.45. The molecule has 1 aromatic rings. The Hall–Kier alpha value is -2.36. The second-order valence-electron chi connectivity index (χ2n) is 6.80. The summed E-state index contributed by atoms with van der Waals surface area (Å²) in [6, 6.07) is 7.28. The number of nitrogens with zero attached hydrogens (tertiary/aromatic N) is 1. The van der Waals surface area contributed by atoms with Crippen molar-refractivity contribution in [1.82, 2.24) is 0 Å². The molecule has 0 heterocycles. The quantitative estimate of drug-likeness (QED) is 0.641. The molecule has 1 aromatic carbocycles. The first-order valence-electron chi connectivity index (χ1n) is 7.63. The molecule has 4 heteroatoms. The number of ether oxygens (including phenoxy) is 1. The van der Waals surface area contributed by atoms with Crippen LogP contribution in [0.4, 0.5) is 5.69 Å². The summed E-state index contributed by atoms with van der Waals surface area (Å²) in [6.07, 6.45) is 2.35. The van der Waals surface area contributed by atoms with Gasteiger partial charge in [-0.2, -0.15) is 0 Å². The molecular weight excluding hydrogens is 290 g/mol. The molecule has 122 valence electrons. The third kappa shape index (κ3) is 4.81. The van der Waals surface area contributed by atoms with Gasteiger partial charge in [-0.1, -0.05) is 26.5 Å². The van der Waals surface area contributed by atoms with E-state index in [0.29, 0.717) is 36.5 Å². The van der Waals surface area contributed by atoms with Gasteiger partial charge in [-0.25, -0.2) is 0 Å². The smallest absolute Gasteiger partial charge is 0.168 e. The van der Waals surface area contributed by atoms with Crippen LogP contribution >= 0.6 is 0 Å². The summed E-state index contributed by atoms with van der Waals surface area (Å²) >= 11 is 0. The molecule has 0 atom stereocenters. The predicted octanol–water partition coefficient (Wildman–Crippen LogP) is 4.55. The largest absolute Gasteiger partial charge is 0.511 e. The van der Waals surface area contributed by atoms with Crippen LogP contribution in [0.25, 0.3) is 0 Å². The zero-order valence-electron chi connectivity index (χ0n) is 13.9. The van der Waals surface area contributed by atoms with Gasteiger partial charge in [0.2, 0.25) is 0 Å². The highest BCUT2D eigenvalue weighted by molar-refractivity contribution is 6.14. The summed E-state index contributed by atoms with van der Waals surface area (Å²) < 4.78 is 5.57. The van der Waals surface area contributed by atoms with Crippen molar-refractivity contribution in [1.29, 1.82) is 0 Å². The van der Waals surface area contributed by atoms with Crippen molar-refractivity contribution in [2.75, 3.05) is 6.61 Å². The molecule has 23 heavy (non-hydrogen) atoms. The van der Waals surface area contributed by atoms with Gasteiger partial charge >= 0.3 is 0 Å².